The molecule has 3 rings (SSSR count). The molecule has 0 fully saturated rings. The fourth-order valence-electron chi connectivity index (χ4n) is 2.43. The zero-order valence-corrected chi connectivity index (χ0v) is 12.7. The number of nitrogens with zero attached hydrogens (tertiary/aromatic N) is 1. The van der Waals surface area contributed by atoms with Crippen LogP contribution in [0.2, 0.25) is 0 Å². The van der Waals surface area contributed by atoms with Crippen LogP contribution in [0.5, 0.6) is 5.75 Å². The molecule has 0 radical (unpaired) electrons. The Bertz CT molecular complexity index is 951. The average Bonchev–Trinajstić information content (AvgIpc) is 2.59. The van der Waals surface area contributed by atoms with E-state index < -0.39 is 5.63 Å². The third kappa shape index (κ3) is 3.24. The number of benzene rings is 2. The van der Waals surface area contributed by atoms with Crippen molar-refractivity contribution in [3.05, 3.63) is 75.6 Å². The van der Waals surface area contributed by atoms with Crippen molar-refractivity contribution < 1.29 is 9.15 Å². The van der Waals surface area contributed by atoms with E-state index in [1.54, 1.807) is 24.3 Å². The molecule has 4 heteroatoms. The van der Waals surface area contributed by atoms with Gasteiger partial charge in [-0.05, 0) is 36.2 Å². The van der Waals surface area contributed by atoms with Crippen LogP contribution in [0, 0.1) is 11.3 Å². The molecule has 1 heterocycles. The van der Waals surface area contributed by atoms with E-state index in [-0.39, 0.29) is 6.61 Å². The third-order valence-electron chi connectivity index (χ3n) is 3.66. The highest BCUT2D eigenvalue weighted by Crippen LogP contribution is 2.21. The second-order valence-electron chi connectivity index (χ2n) is 5.20. The summed E-state index contributed by atoms with van der Waals surface area (Å²) in [5.74, 6) is 0.593. The maximum Gasteiger partial charge on any atom is 0.336 e. The Hall–Kier alpha value is -3.06. The molecule has 0 aliphatic rings. The van der Waals surface area contributed by atoms with Gasteiger partial charge >= 0.3 is 5.63 Å². The van der Waals surface area contributed by atoms with Gasteiger partial charge in [0.05, 0.1) is 11.6 Å². The summed E-state index contributed by atoms with van der Waals surface area (Å²) in [6, 6.07) is 16.3. The first-order chi connectivity index (χ1) is 11.2. The van der Waals surface area contributed by atoms with Crippen LogP contribution < -0.4 is 10.4 Å². The molecule has 4 nitrogen and oxygen atoms in total. The standard InChI is InChI=1S/C19H15NO3/c1-2-13-6-7-17-15(10-19(21)23-18(17)9-13)12-22-16-5-3-4-14(8-16)11-20/h3-10H,2,12H2,1H3. The lowest BCUT2D eigenvalue weighted by Gasteiger charge is -2.09. The fraction of sp³-hybridized carbons (Fsp3) is 0.158. The topological polar surface area (TPSA) is 63.2 Å². The maximum atomic E-state index is 11.8. The Labute approximate surface area is 133 Å². The maximum absolute atomic E-state index is 11.8. The minimum Gasteiger partial charge on any atom is -0.489 e. The molecule has 0 atom stereocenters. The van der Waals surface area contributed by atoms with Gasteiger partial charge < -0.3 is 9.15 Å². The van der Waals surface area contributed by atoms with E-state index in [0.29, 0.717) is 16.9 Å². The zero-order chi connectivity index (χ0) is 16.2. The van der Waals surface area contributed by atoms with Crippen molar-refractivity contribution in [3.63, 3.8) is 0 Å². The molecule has 0 bridgehead atoms. The van der Waals surface area contributed by atoms with Gasteiger partial charge in [0.1, 0.15) is 17.9 Å². The normalized spacial score (nSPS) is 10.4. The van der Waals surface area contributed by atoms with E-state index in [2.05, 4.69) is 13.0 Å². The molecule has 0 aliphatic heterocycles. The van der Waals surface area contributed by atoms with Crippen molar-refractivity contribution in [3.8, 4) is 11.8 Å². The highest BCUT2D eigenvalue weighted by atomic mass is 16.5. The molecule has 3 aromatic rings. The minimum atomic E-state index is -0.393. The summed E-state index contributed by atoms with van der Waals surface area (Å²) in [4.78, 5) is 11.8. The number of hydrogen-bond donors (Lipinski definition) is 0. The number of rotatable bonds is 4. The molecule has 23 heavy (non-hydrogen) atoms. The van der Waals surface area contributed by atoms with Crippen LogP contribution in [0.1, 0.15) is 23.6 Å². The van der Waals surface area contributed by atoms with Crippen LogP contribution >= 0.6 is 0 Å². The van der Waals surface area contributed by atoms with Crippen LogP contribution in [0.4, 0.5) is 0 Å². The predicted octanol–water partition coefficient (Wildman–Crippen LogP) is 3.81. The second kappa shape index (κ2) is 6.37. The summed E-state index contributed by atoms with van der Waals surface area (Å²) in [6.45, 7) is 2.29. The fourth-order valence-corrected chi connectivity index (χ4v) is 2.43. The van der Waals surface area contributed by atoms with Gasteiger partial charge in [-0.2, -0.15) is 5.26 Å². The lowest BCUT2D eigenvalue weighted by molar-refractivity contribution is 0.306. The van der Waals surface area contributed by atoms with Crippen LogP contribution in [0.3, 0.4) is 0 Å². The van der Waals surface area contributed by atoms with Gasteiger partial charge in [0.15, 0.2) is 0 Å². The van der Waals surface area contributed by atoms with E-state index in [1.807, 2.05) is 18.2 Å². The summed E-state index contributed by atoms with van der Waals surface area (Å²) in [6.07, 6.45) is 0.876. The molecule has 2 aromatic carbocycles. The van der Waals surface area contributed by atoms with Crippen LogP contribution in [0.15, 0.2) is 57.7 Å². The van der Waals surface area contributed by atoms with Crippen molar-refractivity contribution in [2.24, 2.45) is 0 Å². The Morgan fingerprint density at radius 1 is 1.17 bits per heavy atom. The molecular weight excluding hydrogens is 290 g/mol. The van der Waals surface area contributed by atoms with Gasteiger partial charge in [0, 0.05) is 17.0 Å². The van der Waals surface area contributed by atoms with E-state index in [9.17, 15) is 4.79 Å². The van der Waals surface area contributed by atoms with Gasteiger partial charge in [-0.25, -0.2) is 4.79 Å². The molecule has 0 aliphatic carbocycles. The first-order valence-corrected chi connectivity index (χ1v) is 7.38. The third-order valence-corrected chi connectivity index (χ3v) is 3.66. The van der Waals surface area contributed by atoms with Crippen LogP contribution in [-0.4, -0.2) is 0 Å². The minimum absolute atomic E-state index is 0.239. The average molecular weight is 305 g/mol. The van der Waals surface area contributed by atoms with Crippen molar-refractivity contribution in [2.45, 2.75) is 20.0 Å². The molecule has 0 amide bonds. The Morgan fingerprint density at radius 2 is 2.04 bits per heavy atom. The molecule has 1 aromatic heterocycles. The van der Waals surface area contributed by atoms with Gasteiger partial charge in [-0.3, -0.25) is 0 Å². The number of hydrogen-bond acceptors (Lipinski definition) is 4. The molecule has 0 N–H and O–H groups in total. The van der Waals surface area contributed by atoms with Gasteiger partial charge in [-0.15, -0.1) is 0 Å². The van der Waals surface area contributed by atoms with Gasteiger partial charge in [0.25, 0.3) is 0 Å². The van der Waals surface area contributed by atoms with E-state index in [1.165, 1.54) is 6.07 Å². The molecule has 0 saturated heterocycles. The predicted molar refractivity (Wildman–Crippen MR) is 87.4 cm³/mol. The smallest absolute Gasteiger partial charge is 0.336 e. The van der Waals surface area contributed by atoms with Crippen molar-refractivity contribution in [2.75, 3.05) is 0 Å². The number of ether oxygens (including phenoxy) is 1. The summed E-state index contributed by atoms with van der Waals surface area (Å²) >= 11 is 0. The molecule has 114 valence electrons. The summed E-state index contributed by atoms with van der Waals surface area (Å²) < 4.78 is 11.0. The highest BCUT2D eigenvalue weighted by molar-refractivity contribution is 5.80. The Balaban J connectivity index is 1.93. The molecular formula is C19H15NO3. The van der Waals surface area contributed by atoms with Crippen molar-refractivity contribution >= 4 is 11.0 Å². The summed E-state index contributed by atoms with van der Waals surface area (Å²) in [7, 11) is 0. The number of fused-ring (bicyclic) bond motifs is 1. The summed E-state index contributed by atoms with van der Waals surface area (Å²) in [5.41, 5.74) is 2.59. The Morgan fingerprint density at radius 3 is 2.83 bits per heavy atom. The first-order valence-electron chi connectivity index (χ1n) is 7.38. The lowest BCUT2D eigenvalue weighted by Crippen LogP contribution is -2.04. The lowest BCUT2D eigenvalue weighted by atomic mass is 10.1. The molecule has 0 spiro atoms. The molecule has 0 saturated carbocycles. The van der Waals surface area contributed by atoms with Crippen molar-refractivity contribution in [1.29, 1.82) is 5.26 Å². The monoisotopic (exact) mass is 305 g/mol. The van der Waals surface area contributed by atoms with Crippen molar-refractivity contribution in [1.82, 2.24) is 0 Å². The van der Waals surface area contributed by atoms with E-state index >= 15 is 0 Å². The highest BCUT2D eigenvalue weighted by Gasteiger charge is 2.07. The van der Waals surface area contributed by atoms with Crippen LogP contribution in [0.25, 0.3) is 11.0 Å². The summed E-state index contributed by atoms with van der Waals surface area (Å²) in [5, 5.41) is 9.77. The molecule has 0 unspecified atom stereocenters. The zero-order valence-electron chi connectivity index (χ0n) is 12.7. The number of nitriles is 1. The van der Waals surface area contributed by atoms with E-state index in [4.69, 9.17) is 14.4 Å². The van der Waals surface area contributed by atoms with Crippen LogP contribution in [-0.2, 0) is 13.0 Å². The largest absolute Gasteiger partial charge is 0.489 e. The SMILES string of the molecule is CCc1ccc2c(COc3cccc(C#N)c3)cc(=O)oc2c1. The van der Waals surface area contributed by atoms with E-state index in [0.717, 1.165) is 22.9 Å². The van der Waals surface area contributed by atoms with Gasteiger partial charge in [0.2, 0.25) is 0 Å². The second-order valence-corrected chi connectivity index (χ2v) is 5.20. The first kappa shape index (κ1) is 14.9. The quantitative estimate of drug-likeness (QED) is 0.688. The Kier molecular flexibility index (Phi) is 4.11. The number of aryl methyl sites for hydroxylation is 1. The van der Waals surface area contributed by atoms with Gasteiger partial charge in [-0.1, -0.05) is 25.1 Å².